The fourth-order valence-electron chi connectivity index (χ4n) is 3.30. The zero-order valence-electron chi connectivity index (χ0n) is 18.6. The number of hydrogen-bond donors (Lipinski definition) is 3. The predicted molar refractivity (Wildman–Crippen MR) is 120 cm³/mol. The van der Waals surface area contributed by atoms with E-state index in [-0.39, 0.29) is 11.8 Å². The number of benzene rings is 1. The number of carbonyl (C=O) groups excluding carboxylic acids is 2. The van der Waals surface area contributed by atoms with Crippen molar-refractivity contribution in [3.8, 4) is 0 Å². The Labute approximate surface area is 184 Å². The van der Waals surface area contributed by atoms with Crippen LogP contribution in [0.4, 0.5) is 5.69 Å². The Morgan fingerprint density at radius 2 is 1.74 bits per heavy atom. The molecule has 0 fully saturated rings. The van der Waals surface area contributed by atoms with Gasteiger partial charge in [-0.2, -0.15) is 0 Å². The van der Waals surface area contributed by atoms with Gasteiger partial charge in [-0.25, -0.2) is 15.4 Å². The minimum Gasteiger partial charge on any atom is -0.367 e. The average Bonchev–Trinajstić information content (AvgIpc) is 2.78. The van der Waals surface area contributed by atoms with Gasteiger partial charge in [-0.15, -0.1) is 0 Å². The Balaban J connectivity index is 1.77. The number of anilines is 1. The zero-order chi connectivity index (χ0) is 22.6. The number of rotatable bonds is 12. The molecule has 3 N–H and O–H groups in total. The van der Waals surface area contributed by atoms with Crippen molar-refractivity contribution in [3.05, 3.63) is 53.6 Å². The molecule has 0 atom stereocenters. The summed E-state index contributed by atoms with van der Waals surface area (Å²) in [6, 6.07) is 8.30. The molecular weight excluding hydrogens is 394 g/mol. The number of para-hydroxylation sites is 1. The van der Waals surface area contributed by atoms with E-state index in [0.717, 1.165) is 24.9 Å². The fourth-order valence-corrected chi connectivity index (χ4v) is 3.30. The molecular formula is C23H33N5O3. The van der Waals surface area contributed by atoms with Gasteiger partial charge < -0.3 is 10.2 Å². The molecule has 2 rings (SSSR count). The van der Waals surface area contributed by atoms with E-state index < -0.39 is 0 Å². The fraction of sp³-hybridized carbons (Fsp3) is 0.478. The van der Waals surface area contributed by atoms with E-state index in [2.05, 4.69) is 46.2 Å². The van der Waals surface area contributed by atoms with Gasteiger partial charge in [0.25, 0.3) is 5.91 Å². The number of hydroxylamine groups is 1. The van der Waals surface area contributed by atoms with E-state index in [0.29, 0.717) is 43.2 Å². The molecule has 0 aliphatic heterocycles. The summed E-state index contributed by atoms with van der Waals surface area (Å²) in [4.78, 5) is 34.0. The molecule has 2 amide bonds. The van der Waals surface area contributed by atoms with E-state index in [9.17, 15) is 9.59 Å². The van der Waals surface area contributed by atoms with Crippen LogP contribution >= 0.6 is 0 Å². The summed E-state index contributed by atoms with van der Waals surface area (Å²) in [6.45, 7) is 5.46. The Kier molecular flexibility index (Phi) is 9.90. The summed E-state index contributed by atoms with van der Waals surface area (Å²) >= 11 is 0. The largest absolute Gasteiger partial charge is 0.367 e. The average molecular weight is 428 g/mol. The van der Waals surface area contributed by atoms with Gasteiger partial charge in [0.15, 0.2) is 0 Å². The molecule has 1 aromatic heterocycles. The topological polar surface area (TPSA) is 107 Å². The lowest BCUT2D eigenvalue weighted by Crippen LogP contribution is -2.25. The molecule has 0 spiro atoms. The summed E-state index contributed by atoms with van der Waals surface area (Å²) in [5.41, 5.74) is 4.49. The van der Waals surface area contributed by atoms with E-state index in [1.165, 1.54) is 5.56 Å². The predicted octanol–water partition coefficient (Wildman–Crippen LogP) is 3.42. The summed E-state index contributed by atoms with van der Waals surface area (Å²) in [7, 11) is 2.02. The lowest BCUT2D eigenvalue weighted by atomic mass is 10.0. The molecule has 0 aliphatic carbocycles. The van der Waals surface area contributed by atoms with Crippen molar-refractivity contribution < 1.29 is 14.8 Å². The first-order chi connectivity index (χ1) is 14.9. The van der Waals surface area contributed by atoms with Gasteiger partial charge in [0.1, 0.15) is 5.82 Å². The SMILES string of the molecule is CC(C)c1ccccc1N(C)Cc1ncc(C(=O)NCCCCCCC(=O)NO)cn1. The lowest BCUT2D eigenvalue weighted by Gasteiger charge is -2.23. The van der Waals surface area contributed by atoms with Gasteiger partial charge in [0.05, 0.1) is 12.1 Å². The summed E-state index contributed by atoms with van der Waals surface area (Å²) < 4.78 is 0. The molecule has 0 unspecified atom stereocenters. The second-order valence-electron chi connectivity index (χ2n) is 7.91. The van der Waals surface area contributed by atoms with Crippen molar-refractivity contribution in [2.45, 2.75) is 58.4 Å². The number of carbonyl (C=O) groups is 2. The maximum absolute atomic E-state index is 12.3. The van der Waals surface area contributed by atoms with Crippen LogP contribution in [0, 0.1) is 0 Å². The van der Waals surface area contributed by atoms with E-state index in [1.54, 1.807) is 17.9 Å². The quantitative estimate of drug-likeness (QED) is 0.272. The summed E-state index contributed by atoms with van der Waals surface area (Å²) in [6.07, 6.45) is 6.75. The number of aromatic nitrogens is 2. The first-order valence-electron chi connectivity index (χ1n) is 10.7. The Morgan fingerprint density at radius 3 is 2.42 bits per heavy atom. The molecule has 2 aromatic rings. The molecule has 0 aliphatic rings. The highest BCUT2D eigenvalue weighted by Gasteiger charge is 2.12. The summed E-state index contributed by atoms with van der Waals surface area (Å²) in [5.74, 6) is 0.520. The van der Waals surface area contributed by atoms with Crippen molar-refractivity contribution >= 4 is 17.5 Å². The highest BCUT2D eigenvalue weighted by atomic mass is 16.5. The van der Waals surface area contributed by atoms with E-state index >= 15 is 0 Å². The van der Waals surface area contributed by atoms with Crippen molar-refractivity contribution in [2.75, 3.05) is 18.5 Å². The first kappa shape index (κ1) is 24.3. The smallest absolute Gasteiger partial charge is 0.254 e. The van der Waals surface area contributed by atoms with Crippen molar-refractivity contribution in [3.63, 3.8) is 0 Å². The minimum atomic E-state index is -0.368. The van der Waals surface area contributed by atoms with Crippen LogP contribution in [-0.2, 0) is 11.3 Å². The molecule has 0 radical (unpaired) electrons. The maximum atomic E-state index is 12.3. The molecule has 0 saturated heterocycles. The van der Waals surface area contributed by atoms with Crippen LogP contribution in [0.15, 0.2) is 36.7 Å². The molecule has 8 nitrogen and oxygen atoms in total. The maximum Gasteiger partial charge on any atom is 0.254 e. The number of hydrogen-bond acceptors (Lipinski definition) is 6. The molecule has 1 aromatic carbocycles. The standard InChI is InChI=1S/C23H33N5O3/c1-17(2)19-10-7-8-11-20(19)28(3)16-21-25-14-18(15-26-21)23(30)24-13-9-5-4-6-12-22(29)27-31/h7-8,10-11,14-15,17,31H,4-6,9,12-13,16H2,1-3H3,(H,24,30)(H,27,29). The first-order valence-corrected chi connectivity index (χ1v) is 10.7. The van der Waals surface area contributed by atoms with Gasteiger partial charge in [-0.05, 0) is 30.4 Å². The van der Waals surface area contributed by atoms with Gasteiger partial charge in [-0.1, -0.05) is 44.9 Å². The third kappa shape index (κ3) is 7.97. The van der Waals surface area contributed by atoms with Gasteiger partial charge in [-0.3, -0.25) is 14.8 Å². The number of amides is 2. The van der Waals surface area contributed by atoms with Gasteiger partial charge in [0, 0.05) is 38.1 Å². The van der Waals surface area contributed by atoms with Crippen molar-refractivity contribution in [1.82, 2.24) is 20.8 Å². The lowest BCUT2D eigenvalue weighted by molar-refractivity contribution is -0.129. The molecule has 31 heavy (non-hydrogen) atoms. The highest BCUT2D eigenvalue weighted by Crippen LogP contribution is 2.27. The van der Waals surface area contributed by atoms with E-state index in [4.69, 9.17) is 5.21 Å². The van der Waals surface area contributed by atoms with Crippen LogP contribution in [0.3, 0.4) is 0 Å². The molecule has 168 valence electrons. The number of nitrogens with zero attached hydrogens (tertiary/aromatic N) is 3. The van der Waals surface area contributed by atoms with Crippen molar-refractivity contribution in [1.29, 1.82) is 0 Å². The van der Waals surface area contributed by atoms with Gasteiger partial charge >= 0.3 is 0 Å². The highest BCUT2D eigenvalue weighted by molar-refractivity contribution is 5.93. The van der Waals surface area contributed by atoms with Gasteiger partial charge in [0.2, 0.25) is 5.91 Å². The zero-order valence-corrected chi connectivity index (χ0v) is 18.6. The second-order valence-corrected chi connectivity index (χ2v) is 7.91. The normalized spacial score (nSPS) is 10.7. The van der Waals surface area contributed by atoms with Crippen LogP contribution in [0.5, 0.6) is 0 Å². The van der Waals surface area contributed by atoms with Crippen molar-refractivity contribution in [2.24, 2.45) is 0 Å². The monoisotopic (exact) mass is 427 g/mol. The van der Waals surface area contributed by atoms with Crippen LogP contribution < -0.4 is 15.7 Å². The molecule has 1 heterocycles. The third-order valence-corrected chi connectivity index (χ3v) is 5.06. The second kappa shape index (κ2) is 12.6. The van der Waals surface area contributed by atoms with Crippen LogP contribution in [0.2, 0.25) is 0 Å². The molecule has 0 bridgehead atoms. The third-order valence-electron chi connectivity index (χ3n) is 5.06. The minimum absolute atomic E-state index is 0.190. The Morgan fingerprint density at radius 1 is 1.06 bits per heavy atom. The number of unbranched alkanes of at least 4 members (excludes halogenated alkanes) is 3. The Hall–Kier alpha value is -3.00. The molecule has 8 heteroatoms. The van der Waals surface area contributed by atoms with Crippen LogP contribution in [0.1, 0.15) is 73.6 Å². The van der Waals surface area contributed by atoms with Crippen LogP contribution in [0.25, 0.3) is 0 Å². The Bertz CT molecular complexity index is 839. The van der Waals surface area contributed by atoms with E-state index in [1.807, 2.05) is 19.2 Å². The summed E-state index contributed by atoms with van der Waals surface area (Å²) in [5, 5.41) is 11.3. The number of nitrogens with one attached hydrogen (secondary N) is 2. The van der Waals surface area contributed by atoms with Crippen LogP contribution in [-0.4, -0.2) is 40.6 Å². The molecule has 0 saturated carbocycles.